The Balaban J connectivity index is 2.80. The van der Waals surface area contributed by atoms with Gasteiger partial charge in [-0.05, 0) is 0 Å². The first kappa shape index (κ1) is 8.82. The van der Waals surface area contributed by atoms with E-state index in [0.29, 0.717) is 0 Å². The van der Waals surface area contributed by atoms with Gasteiger partial charge in [0, 0.05) is 0 Å². The highest BCUT2D eigenvalue weighted by Crippen LogP contribution is 2.20. The lowest BCUT2D eigenvalue weighted by molar-refractivity contribution is -0.147. The van der Waals surface area contributed by atoms with Gasteiger partial charge in [0.25, 0.3) is 0 Å². The molecule has 0 aromatic carbocycles. The molecular weight excluding hydrogens is 174 g/mol. The fourth-order valence-electron chi connectivity index (χ4n) is 0.823. The van der Waals surface area contributed by atoms with Crippen LogP contribution < -0.4 is 0 Å². The van der Waals surface area contributed by atoms with Gasteiger partial charge in [-0.15, -0.1) is 0 Å². The van der Waals surface area contributed by atoms with Gasteiger partial charge in [0.05, 0.1) is 6.61 Å². The van der Waals surface area contributed by atoms with Gasteiger partial charge < -0.3 is 25.2 Å². The topological polar surface area (TPSA) is 107 Å². The van der Waals surface area contributed by atoms with Crippen molar-refractivity contribution in [3.05, 3.63) is 11.5 Å². The maximum atomic E-state index is 10.5. The first-order valence-electron chi connectivity index (χ1n) is 3.20. The lowest BCUT2D eigenvalue weighted by atomic mass is 11.1. The van der Waals surface area contributed by atoms with Crippen molar-refractivity contribution in [1.82, 2.24) is 0 Å². The van der Waals surface area contributed by atoms with Crippen LogP contribution >= 0.6 is 0 Å². The Bertz CT molecular complexity index is 232. The Kier molecular flexibility index (Phi) is 2.20. The first-order valence-corrected chi connectivity index (χ1v) is 3.20. The molecule has 6 heteroatoms. The summed E-state index contributed by atoms with van der Waals surface area (Å²) in [5.74, 6) is -2.78. The van der Waals surface area contributed by atoms with E-state index in [1.807, 2.05) is 0 Å². The molecule has 0 amide bonds. The molecule has 4 N–H and O–H groups in total. The predicted molar refractivity (Wildman–Crippen MR) is 35.3 cm³/mol. The highest BCUT2D eigenvalue weighted by Gasteiger charge is 2.38. The van der Waals surface area contributed by atoms with E-state index in [-0.39, 0.29) is 0 Å². The van der Waals surface area contributed by atoms with Gasteiger partial charge in [-0.2, -0.15) is 0 Å². The van der Waals surface area contributed by atoms with Crippen LogP contribution in [0.5, 0.6) is 0 Å². The molecule has 0 radical (unpaired) electrons. The number of ether oxygens (including phenoxy) is 1. The monoisotopic (exact) mass is 182 g/mol. The minimum atomic E-state index is -1.42. The molecule has 0 saturated heterocycles. The lowest BCUT2D eigenvalue weighted by Crippen LogP contribution is -2.31. The van der Waals surface area contributed by atoms with E-state index in [1.165, 1.54) is 0 Å². The van der Waals surface area contributed by atoms with Crippen molar-refractivity contribution in [2.75, 3.05) is 6.61 Å². The van der Waals surface area contributed by atoms with Gasteiger partial charge in [0.1, 0.15) is 6.10 Å². The van der Waals surface area contributed by atoms with E-state index >= 15 is 0 Å². The summed E-state index contributed by atoms with van der Waals surface area (Å²) in [6.07, 6.45) is -2.78. The summed E-state index contributed by atoms with van der Waals surface area (Å²) < 4.78 is 4.32. The van der Waals surface area contributed by atoms with Gasteiger partial charge in [-0.1, -0.05) is 0 Å². The van der Waals surface area contributed by atoms with Gasteiger partial charge in [0.2, 0.25) is 5.76 Å². The third-order valence-corrected chi connectivity index (χ3v) is 1.48. The van der Waals surface area contributed by atoms with Crippen LogP contribution in [0.1, 0.15) is 0 Å². The predicted octanol–water partition coefficient (Wildman–Crippen LogP) is -1.41. The van der Waals surface area contributed by atoms with Crippen molar-refractivity contribution < 1.29 is 30.0 Å². The number of esters is 1. The minimum Gasteiger partial charge on any atom is -0.505 e. The van der Waals surface area contributed by atoms with E-state index in [1.54, 1.807) is 0 Å². The van der Waals surface area contributed by atoms with Crippen molar-refractivity contribution in [2.24, 2.45) is 0 Å². The standard InChI is InChI=1S/C6H8O6/c7-1-2(8)5-3(9)4(10)6(11)12-5/h2,5,7-10H,1H2/t2-,5-/m1/s1/i1+1,2+1,3+1,4+1,5+1,6+1. The third-order valence-electron chi connectivity index (χ3n) is 1.48. The Morgan fingerprint density at radius 3 is 2.42 bits per heavy atom. The first-order chi connectivity index (χ1) is 5.57. The summed E-state index contributed by atoms with van der Waals surface area (Å²) in [4.78, 5) is 10.5. The molecule has 12 heavy (non-hydrogen) atoms. The van der Waals surface area contributed by atoms with Crippen molar-refractivity contribution in [1.29, 1.82) is 0 Å². The molecule has 0 bridgehead atoms. The highest BCUT2D eigenvalue weighted by molar-refractivity contribution is 5.89. The molecule has 0 aromatic rings. The molecular formula is C6H8O6. The second-order valence-corrected chi connectivity index (χ2v) is 2.31. The molecule has 1 aliphatic rings. The minimum absolute atomic E-state index is 0.671. The zero-order chi connectivity index (χ0) is 9.30. The lowest BCUT2D eigenvalue weighted by Gasteiger charge is -2.13. The van der Waals surface area contributed by atoms with Crippen LogP contribution in [-0.2, 0) is 9.53 Å². The smallest absolute Gasteiger partial charge is 0.377 e. The highest BCUT2D eigenvalue weighted by atomic mass is 16.8. The Morgan fingerprint density at radius 1 is 1.50 bits per heavy atom. The SMILES string of the molecule is O=[13C]1O[13C@H]([13C@H](O)[13CH2]O)[13C](O)=[13C]1O. The van der Waals surface area contributed by atoms with Crippen LogP contribution in [0.15, 0.2) is 11.5 Å². The Morgan fingerprint density at radius 2 is 2.08 bits per heavy atom. The number of aliphatic hydroxyl groups is 4. The average Bonchev–Trinajstić information content (AvgIpc) is 2.32. The molecule has 0 spiro atoms. The Labute approximate surface area is 67.3 Å². The van der Waals surface area contributed by atoms with E-state index in [9.17, 15) is 4.79 Å². The summed E-state index contributed by atoms with van der Waals surface area (Å²) in [6, 6.07) is 0. The molecule has 6 nitrogen and oxygen atoms in total. The number of rotatable bonds is 2. The summed E-state index contributed by atoms with van der Waals surface area (Å²) in [5.41, 5.74) is 0. The second kappa shape index (κ2) is 3.00. The van der Waals surface area contributed by atoms with Crippen LogP contribution in [0, 0.1) is 0 Å². The van der Waals surface area contributed by atoms with Crippen molar-refractivity contribution in [3.63, 3.8) is 0 Å². The molecule has 1 rings (SSSR count). The van der Waals surface area contributed by atoms with E-state index in [0.717, 1.165) is 0 Å². The van der Waals surface area contributed by atoms with E-state index in [4.69, 9.17) is 20.4 Å². The van der Waals surface area contributed by atoms with Crippen molar-refractivity contribution in [2.45, 2.75) is 12.2 Å². The third kappa shape index (κ3) is 1.21. The summed E-state index contributed by atoms with van der Waals surface area (Å²) in [7, 11) is 0. The van der Waals surface area contributed by atoms with Gasteiger partial charge in [-0.25, -0.2) is 4.79 Å². The number of cyclic esters (lactones) is 1. The number of carbonyl (C=O) groups is 1. The quantitative estimate of drug-likeness (QED) is 0.309. The van der Waals surface area contributed by atoms with Crippen molar-refractivity contribution >= 4 is 5.97 Å². The van der Waals surface area contributed by atoms with Crippen LogP contribution in [0.3, 0.4) is 0 Å². The largest absolute Gasteiger partial charge is 0.505 e. The summed E-state index contributed by atoms with van der Waals surface area (Å²) in [5, 5.41) is 35.0. The van der Waals surface area contributed by atoms with E-state index in [2.05, 4.69) is 4.74 Å². The molecule has 0 unspecified atom stereocenters. The molecule has 0 saturated carbocycles. The number of hydrogen-bond donors (Lipinski definition) is 4. The molecule has 0 aromatic heterocycles. The Hall–Kier alpha value is -1.27. The number of carbonyl (C=O) groups excluding carboxylic acids is 1. The molecule has 68 valence electrons. The average molecular weight is 182 g/mol. The van der Waals surface area contributed by atoms with Crippen LogP contribution in [0.4, 0.5) is 0 Å². The number of aliphatic hydroxyl groups excluding tert-OH is 4. The zero-order valence-corrected chi connectivity index (χ0v) is 5.97. The van der Waals surface area contributed by atoms with Crippen molar-refractivity contribution in [3.8, 4) is 0 Å². The van der Waals surface area contributed by atoms with Gasteiger partial charge in [-0.3, -0.25) is 0 Å². The van der Waals surface area contributed by atoms with Gasteiger partial charge >= 0.3 is 5.97 Å². The fourth-order valence-corrected chi connectivity index (χ4v) is 0.823. The van der Waals surface area contributed by atoms with Gasteiger partial charge in [0.15, 0.2) is 11.9 Å². The maximum absolute atomic E-state index is 10.5. The maximum Gasteiger partial charge on any atom is 0.377 e. The second-order valence-electron chi connectivity index (χ2n) is 2.31. The molecule has 1 heterocycles. The summed E-state index contributed by atoms with van der Waals surface area (Å²) >= 11 is 0. The number of hydrogen-bond acceptors (Lipinski definition) is 6. The molecule has 2 atom stereocenters. The zero-order valence-electron chi connectivity index (χ0n) is 5.97. The normalized spacial score (nSPS) is 25.8. The molecule has 1 aliphatic heterocycles. The van der Waals surface area contributed by atoms with Crippen LogP contribution in [0.25, 0.3) is 0 Å². The fraction of sp³-hybridized carbons (Fsp3) is 0.500. The molecule has 0 fully saturated rings. The van der Waals surface area contributed by atoms with Crippen LogP contribution in [-0.4, -0.2) is 45.2 Å². The molecule has 0 aliphatic carbocycles. The summed E-state index contributed by atoms with van der Waals surface area (Å²) in [6.45, 7) is -0.671. The van der Waals surface area contributed by atoms with E-state index < -0.39 is 36.3 Å². The van der Waals surface area contributed by atoms with Crippen LogP contribution in [0.2, 0.25) is 0 Å².